The van der Waals surface area contributed by atoms with Crippen molar-refractivity contribution in [3.8, 4) is 12.3 Å². The third-order valence-electron chi connectivity index (χ3n) is 4.79. The van der Waals surface area contributed by atoms with Gasteiger partial charge in [-0.3, -0.25) is 4.79 Å². The van der Waals surface area contributed by atoms with Crippen LogP contribution in [0.25, 0.3) is 11.0 Å². The molecule has 0 saturated carbocycles. The quantitative estimate of drug-likeness (QED) is 0.864. The molecular formula is C18H18N2O2. The summed E-state index contributed by atoms with van der Waals surface area (Å²) in [5, 5.41) is 3.99. The maximum absolute atomic E-state index is 12.5. The van der Waals surface area contributed by atoms with Gasteiger partial charge in [-0.25, -0.2) is 0 Å². The summed E-state index contributed by atoms with van der Waals surface area (Å²) in [6.07, 6.45) is 9.36. The second-order valence-electron chi connectivity index (χ2n) is 6.33. The van der Waals surface area contributed by atoms with Crippen molar-refractivity contribution in [2.75, 3.05) is 19.6 Å². The zero-order chi connectivity index (χ0) is 15.1. The SMILES string of the molecule is C#Cc1coc2ccc(C(=O)N[C@@H]3C[C@@H]4CCN(C4)C3)cc12. The summed E-state index contributed by atoms with van der Waals surface area (Å²) in [5.41, 5.74) is 2.04. The third-order valence-corrected chi connectivity index (χ3v) is 4.79. The molecule has 2 saturated heterocycles. The van der Waals surface area contributed by atoms with Gasteiger partial charge in [-0.05, 0) is 43.5 Å². The number of terminal acetylenes is 1. The Labute approximate surface area is 129 Å². The van der Waals surface area contributed by atoms with Crippen molar-refractivity contribution in [3.05, 3.63) is 35.6 Å². The molecule has 2 aliphatic heterocycles. The molecule has 112 valence electrons. The Hall–Kier alpha value is -2.25. The molecule has 3 heterocycles. The molecule has 22 heavy (non-hydrogen) atoms. The van der Waals surface area contributed by atoms with E-state index in [0.29, 0.717) is 16.7 Å². The van der Waals surface area contributed by atoms with Crippen molar-refractivity contribution in [2.45, 2.75) is 18.9 Å². The molecule has 0 spiro atoms. The number of benzene rings is 1. The molecule has 3 atom stereocenters. The summed E-state index contributed by atoms with van der Waals surface area (Å²) in [6.45, 7) is 3.33. The Bertz CT molecular complexity index is 759. The van der Waals surface area contributed by atoms with Gasteiger partial charge in [0, 0.05) is 30.1 Å². The highest BCUT2D eigenvalue weighted by Gasteiger charge is 2.32. The van der Waals surface area contributed by atoms with Gasteiger partial charge in [-0.2, -0.15) is 0 Å². The minimum atomic E-state index is -0.0291. The van der Waals surface area contributed by atoms with Crippen molar-refractivity contribution in [1.29, 1.82) is 0 Å². The van der Waals surface area contributed by atoms with E-state index in [9.17, 15) is 4.79 Å². The fourth-order valence-corrected chi connectivity index (χ4v) is 3.72. The lowest BCUT2D eigenvalue weighted by molar-refractivity contribution is 0.0909. The average molecular weight is 294 g/mol. The highest BCUT2D eigenvalue weighted by atomic mass is 16.3. The van der Waals surface area contributed by atoms with Crippen LogP contribution >= 0.6 is 0 Å². The maximum atomic E-state index is 12.5. The van der Waals surface area contributed by atoms with E-state index < -0.39 is 0 Å². The molecule has 1 unspecified atom stereocenters. The van der Waals surface area contributed by atoms with Gasteiger partial charge in [0.05, 0.1) is 5.56 Å². The summed E-state index contributed by atoms with van der Waals surface area (Å²) in [7, 11) is 0. The first kappa shape index (κ1) is 13.4. The third kappa shape index (κ3) is 2.28. The largest absolute Gasteiger partial charge is 0.463 e. The molecular weight excluding hydrogens is 276 g/mol. The van der Waals surface area contributed by atoms with E-state index in [1.807, 2.05) is 6.07 Å². The first-order valence-corrected chi connectivity index (χ1v) is 7.74. The molecule has 1 aromatic heterocycles. The number of nitrogens with zero attached hydrogens (tertiary/aromatic N) is 1. The number of hydrogen-bond acceptors (Lipinski definition) is 3. The molecule has 1 N–H and O–H groups in total. The van der Waals surface area contributed by atoms with Crippen molar-refractivity contribution in [3.63, 3.8) is 0 Å². The van der Waals surface area contributed by atoms with E-state index in [2.05, 4.69) is 16.1 Å². The van der Waals surface area contributed by atoms with Crippen molar-refractivity contribution in [2.24, 2.45) is 5.92 Å². The maximum Gasteiger partial charge on any atom is 0.251 e. The Morgan fingerprint density at radius 1 is 1.41 bits per heavy atom. The molecule has 2 fully saturated rings. The molecule has 4 heteroatoms. The Balaban J connectivity index is 1.54. The van der Waals surface area contributed by atoms with Crippen LogP contribution in [0.2, 0.25) is 0 Å². The second-order valence-corrected chi connectivity index (χ2v) is 6.33. The summed E-state index contributed by atoms with van der Waals surface area (Å²) >= 11 is 0. The van der Waals surface area contributed by atoms with E-state index in [0.717, 1.165) is 24.3 Å². The van der Waals surface area contributed by atoms with E-state index in [1.54, 1.807) is 18.4 Å². The van der Waals surface area contributed by atoms with Crippen LogP contribution in [0, 0.1) is 18.3 Å². The number of hydrogen-bond donors (Lipinski definition) is 1. The van der Waals surface area contributed by atoms with Gasteiger partial charge in [0.1, 0.15) is 11.8 Å². The summed E-state index contributed by atoms with van der Waals surface area (Å²) in [4.78, 5) is 14.9. The zero-order valence-corrected chi connectivity index (χ0v) is 12.3. The summed E-state index contributed by atoms with van der Waals surface area (Å²) < 4.78 is 5.38. The fourth-order valence-electron chi connectivity index (χ4n) is 3.72. The van der Waals surface area contributed by atoms with Crippen LogP contribution in [0.15, 0.2) is 28.9 Å². The van der Waals surface area contributed by atoms with Crippen LogP contribution < -0.4 is 5.32 Å². The molecule has 4 nitrogen and oxygen atoms in total. The molecule has 2 bridgehead atoms. The predicted molar refractivity (Wildman–Crippen MR) is 84.6 cm³/mol. The number of fused-ring (bicyclic) bond motifs is 3. The van der Waals surface area contributed by atoms with Crippen LogP contribution in [0.4, 0.5) is 0 Å². The predicted octanol–water partition coefficient (Wildman–Crippen LogP) is 2.24. The Morgan fingerprint density at radius 2 is 2.32 bits per heavy atom. The summed E-state index contributed by atoms with van der Waals surface area (Å²) in [6, 6.07) is 5.67. The lowest BCUT2D eigenvalue weighted by atomic mass is 9.96. The normalized spacial score (nSPS) is 26.8. The topological polar surface area (TPSA) is 45.5 Å². The van der Waals surface area contributed by atoms with Crippen LogP contribution in [-0.4, -0.2) is 36.5 Å². The number of amides is 1. The standard InChI is InChI=1S/C18H18N2O2/c1-2-13-11-22-17-4-3-14(8-16(13)17)18(21)19-15-7-12-5-6-20(9-12)10-15/h1,3-4,8,11-12,15H,5-7,9-10H2,(H,19,21)/t12-,15+/m0/s1. The summed E-state index contributed by atoms with van der Waals surface area (Å²) in [5.74, 6) is 3.30. The van der Waals surface area contributed by atoms with Crippen LogP contribution in [0.3, 0.4) is 0 Å². The molecule has 1 aromatic carbocycles. The van der Waals surface area contributed by atoms with Gasteiger partial charge in [-0.15, -0.1) is 6.42 Å². The Morgan fingerprint density at radius 3 is 3.14 bits per heavy atom. The zero-order valence-electron chi connectivity index (χ0n) is 12.3. The number of nitrogens with one attached hydrogen (secondary N) is 1. The number of carbonyl (C=O) groups is 1. The van der Waals surface area contributed by atoms with Crippen LogP contribution in [0.5, 0.6) is 0 Å². The lowest BCUT2D eigenvalue weighted by Gasteiger charge is -2.30. The van der Waals surface area contributed by atoms with Crippen molar-refractivity contribution < 1.29 is 9.21 Å². The molecule has 2 aliphatic rings. The molecule has 0 aliphatic carbocycles. The molecule has 4 rings (SSSR count). The number of furan rings is 1. The smallest absolute Gasteiger partial charge is 0.251 e. The van der Waals surface area contributed by atoms with Gasteiger partial charge in [0.25, 0.3) is 5.91 Å². The van der Waals surface area contributed by atoms with E-state index in [1.165, 1.54) is 19.5 Å². The highest BCUT2D eigenvalue weighted by Crippen LogP contribution is 2.27. The fraction of sp³-hybridized carbons (Fsp3) is 0.389. The Kier molecular flexibility index (Phi) is 3.16. The second kappa shape index (κ2) is 5.19. The lowest BCUT2D eigenvalue weighted by Crippen LogP contribution is -2.47. The van der Waals surface area contributed by atoms with Crippen LogP contribution in [-0.2, 0) is 0 Å². The molecule has 2 aromatic rings. The van der Waals surface area contributed by atoms with E-state index >= 15 is 0 Å². The van der Waals surface area contributed by atoms with Crippen molar-refractivity contribution >= 4 is 16.9 Å². The molecule has 0 radical (unpaired) electrons. The van der Waals surface area contributed by atoms with Crippen LogP contribution in [0.1, 0.15) is 28.8 Å². The van der Waals surface area contributed by atoms with Gasteiger partial charge in [0.2, 0.25) is 0 Å². The van der Waals surface area contributed by atoms with Gasteiger partial charge < -0.3 is 14.6 Å². The minimum absolute atomic E-state index is 0.0291. The first-order chi connectivity index (χ1) is 10.7. The number of piperidine rings is 1. The number of rotatable bonds is 2. The highest BCUT2D eigenvalue weighted by molar-refractivity contribution is 5.99. The average Bonchev–Trinajstić information content (AvgIpc) is 3.09. The van der Waals surface area contributed by atoms with Gasteiger partial charge in [-0.1, -0.05) is 5.92 Å². The van der Waals surface area contributed by atoms with E-state index in [4.69, 9.17) is 10.8 Å². The van der Waals surface area contributed by atoms with Crippen molar-refractivity contribution in [1.82, 2.24) is 10.2 Å². The van der Waals surface area contributed by atoms with E-state index in [-0.39, 0.29) is 11.9 Å². The molecule has 1 amide bonds. The van der Waals surface area contributed by atoms with Gasteiger partial charge in [0.15, 0.2) is 0 Å². The number of carbonyl (C=O) groups excluding carboxylic acids is 1. The monoisotopic (exact) mass is 294 g/mol. The first-order valence-electron chi connectivity index (χ1n) is 7.74. The van der Waals surface area contributed by atoms with Gasteiger partial charge >= 0.3 is 0 Å². The minimum Gasteiger partial charge on any atom is -0.463 e.